The van der Waals surface area contributed by atoms with Crippen molar-refractivity contribution < 1.29 is 14.2 Å². The molecule has 0 aliphatic rings. The number of halogens is 1. The van der Waals surface area contributed by atoms with Crippen LogP contribution in [0.5, 0.6) is 11.5 Å². The van der Waals surface area contributed by atoms with Crippen molar-refractivity contribution in [3.63, 3.8) is 0 Å². The van der Waals surface area contributed by atoms with Gasteiger partial charge < -0.3 is 9.84 Å². The first kappa shape index (κ1) is 12.1. The van der Waals surface area contributed by atoms with E-state index < -0.39 is 11.9 Å². The summed E-state index contributed by atoms with van der Waals surface area (Å²) in [5, 5.41) is 18.0. The molecule has 1 unspecified atom stereocenters. The van der Waals surface area contributed by atoms with Gasteiger partial charge in [0.15, 0.2) is 6.10 Å². The van der Waals surface area contributed by atoms with Gasteiger partial charge in [0.05, 0.1) is 6.07 Å². The third-order valence-corrected chi connectivity index (χ3v) is 2.31. The Bertz CT molecular complexity index is 578. The van der Waals surface area contributed by atoms with Crippen LogP contribution in [0.25, 0.3) is 0 Å². The average Bonchev–Trinajstić information content (AvgIpc) is 2.38. The normalized spacial score (nSPS) is 11.6. The summed E-state index contributed by atoms with van der Waals surface area (Å²) in [6, 6.07) is 14.2. The van der Waals surface area contributed by atoms with Crippen LogP contribution >= 0.6 is 0 Å². The smallest absolute Gasteiger partial charge is 0.166 e. The van der Waals surface area contributed by atoms with Gasteiger partial charge >= 0.3 is 0 Å². The number of rotatable bonds is 3. The molecule has 2 aromatic carbocycles. The van der Waals surface area contributed by atoms with Gasteiger partial charge in [-0.05, 0) is 24.3 Å². The largest absolute Gasteiger partial charge is 0.457 e. The van der Waals surface area contributed by atoms with Crippen molar-refractivity contribution in [2.75, 3.05) is 0 Å². The van der Waals surface area contributed by atoms with Crippen LogP contribution in [0.4, 0.5) is 4.39 Å². The van der Waals surface area contributed by atoms with Crippen LogP contribution < -0.4 is 4.74 Å². The number of hydrogen-bond donors (Lipinski definition) is 1. The second kappa shape index (κ2) is 5.30. The highest BCUT2D eigenvalue weighted by molar-refractivity contribution is 5.36. The molecule has 0 heterocycles. The monoisotopic (exact) mass is 243 g/mol. The Labute approximate surface area is 104 Å². The van der Waals surface area contributed by atoms with E-state index in [9.17, 15) is 9.50 Å². The number of aliphatic hydroxyl groups is 1. The van der Waals surface area contributed by atoms with Crippen LogP contribution in [0.3, 0.4) is 0 Å². The molecule has 0 fully saturated rings. The lowest BCUT2D eigenvalue weighted by atomic mass is 10.1. The third kappa shape index (κ3) is 2.84. The van der Waals surface area contributed by atoms with Crippen LogP contribution in [0.15, 0.2) is 48.5 Å². The van der Waals surface area contributed by atoms with Crippen molar-refractivity contribution in [1.82, 2.24) is 0 Å². The number of nitriles is 1. The Morgan fingerprint density at radius 1 is 1.11 bits per heavy atom. The highest BCUT2D eigenvalue weighted by Crippen LogP contribution is 2.25. The molecule has 0 saturated carbocycles. The maximum atomic E-state index is 13.3. The van der Waals surface area contributed by atoms with Crippen LogP contribution in [-0.4, -0.2) is 5.11 Å². The Morgan fingerprint density at radius 2 is 1.83 bits per heavy atom. The van der Waals surface area contributed by atoms with Crippen molar-refractivity contribution >= 4 is 0 Å². The summed E-state index contributed by atoms with van der Waals surface area (Å²) in [5.74, 6) is 0.235. The summed E-state index contributed by atoms with van der Waals surface area (Å²) in [7, 11) is 0. The third-order valence-electron chi connectivity index (χ3n) is 2.31. The van der Waals surface area contributed by atoms with Crippen molar-refractivity contribution in [2.45, 2.75) is 6.10 Å². The predicted octanol–water partition coefficient (Wildman–Crippen LogP) is 3.17. The zero-order valence-electron chi connectivity index (χ0n) is 9.38. The fourth-order valence-electron chi connectivity index (χ4n) is 1.50. The number of aliphatic hydroxyl groups excluding tert-OH is 1. The molecule has 90 valence electrons. The Hall–Kier alpha value is -2.38. The van der Waals surface area contributed by atoms with E-state index >= 15 is 0 Å². The van der Waals surface area contributed by atoms with Gasteiger partial charge in [-0.1, -0.05) is 18.2 Å². The first-order valence-electron chi connectivity index (χ1n) is 5.30. The molecule has 2 rings (SSSR count). The fourth-order valence-corrected chi connectivity index (χ4v) is 1.50. The van der Waals surface area contributed by atoms with Crippen LogP contribution in [0.2, 0.25) is 0 Å². The molecule has 0 aliphatic heterocycles. The Kier molecular flexibility index (Phi) is 3.56. The SMILES string of the molecule is N#CC(O)c1cc(F)cc(Oc2ccccc2)c1. The van der Waals surface area contributed by atoms with E-state index in [1.807, 2.05) is 6.07 Å². The van der Waals surface area contributed by atoms with Gasteiger partial charge in [0.25, 0.3) is 0 Å². The second-order valence-corrected chi connectivity index (χ2v) is 3.67. The molecule has 0 saturated heterocycles. The highest BCUT2D eigenvalue weighted by Gasteiger charge is 2.10. The van der Waals surface area contributed by atoms with Gasteiger partial charge in [-0.25, -0.2) is 4.39 Å². The van der Waals surface area contributed by atoms with E-state index in [-0.39, 0.29) is 11.3 Å². The molecule has 0 spiro atoms. The van der Waals surface area contributed by atoms with E-state index in [4.69, 9.17) is 10.00 Å². The van der Waals surface area contributed by atoms with Crippen LogP contribution in [0.1, 0.15) is 11.7 Å². The number of ether oxygens (including phenoxy) is 1. The Balaban J connectivity index is 2.29. The van der Waals surface area contributed by atoms with Crippen molar-refractivity contribution in [1.29, 1.82) is 5.26 Å². The summed E-state index contributed by atoms with van der Waals surface area (Å²) in [4.78, 5) is 0. The summed E-state index contributed by atoms with van der Waals surface area (Å²) in [6.45, 7) is 0. The Morgan fingerprint density at radius 3 is 2.50 bits per heavy atom. The maximum Gasteiger partial charge on any atom is 0.166 e. The van der Waals surface area contributed by atoms with Crippen molar-refractivity contribution in [3.8, 4) is 17.6 Å². The lowest BCUT2D eigenvalue weighted by molar-refractivity contribution is 0.235. The maximum absolute atomic E-state index is 13.3. The molecule has 1 atom stereocenters. The molecule has 18 heavy (non-hydrogen) atoms. The topological polar surface area (TPSA) is 53.2 Å². The molecule has 2 aromatic rings. The van der Waals surface area contributed by atoms with Crippen LogP contribution in [0, 0.1) is 17.1 Å². The lowest BCUT2D eigenvalue weighted by Gasteiger charge is -2.08. The number of benzene rings is 2. The minimum atomic E-state index is -1.36. The van der Waals surface area contributed by atoms with Crippen LogP contribution in [-0.2, 0) is 0 Å². The first-order valence-corrected chi connectivity index (χ1v) is 5.30. The van der Waals surface area contributed by atoms with Crippen molar-refractivity contribution in [3.05, 3.63) is 59.9 Å². The summed E-state index contributed by atoms with van der Waals surface area (Å²) < 4.78 is 18.8. The van der Waals surface area contributed by atoms with Gasteiger partial charge in [0.2, 0.25) is 0 Å². The van der Waals surface area contributed by atoms with Gasteiger partial charge in [-0.3, -0.25) is 0 Å². The molecular formula is C14H10FNO2. The zero-order valence-corrected chi connectivity index (χ0v) is 9.38. The van der Waals surface area contributed by atoms with E-state index in [1.165, 1.54) is 12.1 Å². The molecule has 3 nitrogen and oxygen atoms in total. The molecule has 0 amide bonds. The zero-order chi connectivity index (χ0) is 13.0. The minimum Gasteiger partial charge on any atom is -0.457 e. The van der Waals surface area contributed by atoms with Gasteiger partial charge in [0.1, 0.15) is 17.3 Å². The molecular weight excluding hydrogens is 233 g/mol. The number of para-hydroxylation sites is 1. The summed E-state index contributed by atoms with van der Waals surface area (Å²) in [5.41, 5.74) is 0.170. The predicted molar refractivity (Wildman–Crippen MR) is 63.5 cm³/mol. The molecule has 0 aromatic heterocycles. The molecule has 1 N–H and O–H groups in total. The molecule has 0 bridgehead atoms. The quantitative estimate of drug-likeness (QED) is 0.842. The first-order chi connectivity index (χ1) is 8.69. The fraction of sp³-hybridized carbons (Fsp3) is 0.0714. The second-order valence-electron chi connectivity index (χ2n) is 3.67. The number of hydrogen-bond acceptors (Lipinski definition) is 3. The van der Waals surface area contributed by atoms with Crippen molar-refractivity contribution in [2.24, 2.45) is 0 Å². The van der Waals surface area contributed by atoms with Gasteiger partial charge in [-0.15, -0.1) is 0 Å². The van der Waals surface area contributed by atoms with E-state index in [0.29, 0.717) is 5.75 Å². The average molecular weight is 243 g/mol. The van der Waals surface area contributed by atoms with E-state index in [1.54, 1.807) is 30.3 Å². The van der Waals surface area contributed by atoms with E-state index in [0.717, 1.165) is 6.07 Å². The number of nitrogens with zero attached hydrogens (tertiary/aromatic N) is 1. The molecule has 4 heteroatoms. The van der Waals surface area contributed by atoms with E-state index in [2.05, 4.69) is 0 Å². The standard InChI is InChI=1S/C14H10FNO2/c15-11-6-10(14(17)9-16)7-13(8-11)18-12-4-2-1-3-5-12/h1-8,14,17H. The van der Waals surface area contributed by atoms with Gasteiger partial charge in [0, 0.05) is 11.6 Å². The highest BCUT2D eigenvalue weighted by atomic mass is 19.1. The molecule has 0 radical (unpaired) electrons. The molecule has 0 aliphatic carbocycles. The summed E-state index contributed by atoms with van der Waals surface area (Å²) in [6.07, 6.45) is -1.36. The summed E-state index contributed by atoms with van der Waals surface area (Å²) >= 11 is 0. The van der Waals surface area contributed by atoms with Gasteiger partial charge in [-0.2, -0.15) is 5.26 Å². The minimum absolute atomic E-state index is 0.170. The lowest BCUT2D eigenvalue weighted by Crippen LogP contribution is -1.95.